The Morgan fingerprint density at radius 1 is 0.833 bits per heavy atom. The average molecular weight is 479 g/mol. The van der Waals surface area contributed by atoms with Gasteiger partial charge in [-0.15, -0.1) is 5.10 Å². The van der Waals surface area contributed by atoms with Gasteiger partial charge in [-0.3, -0.25) is 14.9 Å². The maximum Gasteiger partial charge on any atom is 0.322 e. The van der Waals surface area contributed by atoms with E-state index in [1.807, 2.05) is 42.5 Å². The number of rotatable bonds is 7. The third-order valence-corrected chi connectivity index (χ3v) is 5.66. The topological polar surface area (TPSA) is 106 Å². The molecule has 178 valence electrons. The molecule has 5 aromatic rings. The Bertz CT molecular complexity index is 1540. The number of nitrogens with zero attached hydrogens (tertiary/aromatic N) is 2. The zero-order valence-corrected chi connectivity index (χ0v) is 19.4. The summed E-state index contributed by atoms with van der Waals surface area (Å²) in [5.41, 5.74) is 2.25. The van der Waals surface area contributed by atoms with Gasteiger partial charge in [-0.25, -0.2) is 0 Å². The Morgan fingerprint density at radius 2 is 1.58 bits per heavy atom. The molecule has 0 atom stereocenters. The number of anilines is 2. The molecule has 0 saturated carbocycles. The monoisotopic (exact) mass is 478 g/mol. The highest BCUT2D eigenvalue weighted by atomic mass is 16.5. The van der Waals surface area contributed by atoms with Crippen LogP contribution in [0.25, 0.3) is 22.2 Å². The number of aromatic nitrogens is 2. The van der Waals surface area contributed by atoms with E-state index in [4.69, 9.17) is 9.15 Å². The first-order valence-electron chi connectivity index (χ1n) is 11.3. The molecule has 8 nitrogen and oxygen atoms in total. The minimum absolute atomic E-state index is 0.0531. The standard InChI is InChI=1S/C28H22N4O4/c1-35-21-15-13-19(14-16-21)27-31-32-28(36-27)30-26(34)23-11-4-5-12-24(23)29-25(33)17-20-9-6-8-18-7-2-3-10-22(18)20/h2-16H,17H2,1H3,(H,29,33)(H,30,32,34). The van der Waals surface area contributed by atoms with Crippen molar-refractivity contribution < 1.29 is 18.7 Å². The van der Waals surface area contributed by atoms with Crippen LogP contribution in [0.15, 0.2) is 95.4 Å². The summed E-state index contributed by atoms with van der Waals surface area (Å²) in [7, 11) is 1.58. The summed E-state index contributed by atoms with van der Waals surface area (Å²) in [5, 5.41) is 15.4. The molecule has 2 amide bonds. The molecule has 0 aliphatic carbocycles. The van der Waals surface area contributed by atoms with Gasteiger partial charge in [0.1, 0.15) is 5.75 Å². The Labute approximate surface area is 206 Å². The van der Waals surface area contributed by atoms with Crippen LogP contribution in [-0.2, 0) is 11.2 Å². The lowest BCUT2D eigenvalue weighted by Gasteiger charge is -2.11. The molecule has 0 unspecified atom stereocenters. The Morgan fingerprint density at radius 3 is 2.42 bits per heavy atom. The normalized spacial score (nSPS) is 10.7. The van der Waals surface area contributed by atoms with Crippen LogP contribution in [0.5, 0.6) is 5.75 Å². The number of carbonyl (C=O) groups excluding carboxylic acids is 2. The van der Waals surface area contributed by atoms with Crippen molar-refractivity contribution in [3.8, 4) is 17.2 Å². The molecule has 2 N–H and O–H groups in total. The molecule has 4 aromatic carbocycles. The second-order valence-corrected chi connectivity index (χ2v) is 8.00. The van der Waals surface area contributed by atoms with E-state index < -0.39 is 5.91 Å². The molecule has 0 aliphatic heterocycles. The molecule has 0 aliphatic rings. The maximum atomic E-state index is 13.0. The zero-order valence-electron chi connectivity index (χ0n) is 19.4. The summed E-state index contributed by atoms with van der Waals surface area (Å²) in [5.74, 6) is 0.239. The predicted octanol–water partition coefficient (Wildman–Crippen LogP) is 5.33. The number of methoxy groups -OCH3 is 1. The summed E-state index contributed by atoms with van der Waals surface area (Å²) in [6.45, 7) is 0. The molecule has 1 heterocycles. The molecule has 0 fully saturated rings. The van der Waals surface area contributed by atoms with Crippen LogP contribution in [0.1, 0.15) is 15.9 Å². The Balaban J connectivity index is 1.29. The van der Waals surface area contributed by atoms with Crippen molar-refractivity contribution in [2.45, 2.75) is 6.42 Å². The number of benzene rings is 4. The van der Waals surface area contributed by atoms with Crippen molar-refractivity contribution in [2.75, 3.05) is 17.7 Å². The smallest absolute Gasteiger partial charge is 0.322 e. The number of hydrogen-bond donors (Lipinski definition) is 2. The Hall–Kier alpha value is -4.98. The van der Waals surface area contributed by atoms with Gasteiger partial charge in [0.25, 0.3) is 5.91 Å². The highest BCUT2D eigenvalue weighted by Gasteiger charge is 2.17. The van der Waals surface area contributed by atoms with Crippen LogP contribution in [0.4, 0.5) is 11.7 Å². The zero-order chi connectivity index (χ0) is 24.9. The summed E-state index contributed by atoms with van der Waals surface area (Å²) in [6.07, 6.45) is 0.173. The summed E-state index contributed by atoms with van der Waals surface area (Å²) in [6, 6.07) is 27.6. The largest absolute Gasteiger partial charge is 0.497 e. The lowest BCUT2D eigenvalue weighted by atomic mass is 10.0. The lowest BCUT2D eigenvalue weighted by molar-refractivity contribution is -0.115. The number of carbonyl (C=O) groups is 2. The number of ether oxygens (including phenoxy) is 1. The Kier molecular flexibility index (Phi) is 6.40. The quantitative estimate of drug-likeness (QED) is 0.327. The molecule has 8 heteroatoms. The van der Waals surface area contributed by atoms with E-state index in [-0.39, 0.29) is 29.8 Å². The van der Waals surface area contributed by atoms with Crippen LogP contribution in [0.2, 0.25) is 0 Å². The second kappa shape index (κ2) is 10.1. The van der Waals surface area contributed by atoms with Gasteiger partial charge in [-0.1, -0.05) is 59.7 Å². The van der Waals surface area contributed by atoms with Crippen molar-refractivity contribution >= 4 is 34.3 Å². The summed E-state index contributed by atoms with van der Waals surface area (Å²) in [4.78, 5) is 25.8. The van der Waals surface area contributed by atoms with Crippen LogP contribution in [0.3, 0.4) is 0 Å². The molecule has 5 rings (SSSR count). The number of para-hydroxylation sites is 1. The van der Waals surface area contributed by atoms with Crippen LogP contribution >= 0.6 is 0 Å². The fourth-order valence-electron chi connectivity index (χ4n) is 3.89. The van der Waals surface area contributed by atoms with Crippen molar-refractivity contribution in [2.24, 2.45) is 0 Å². The second-order valence-electron chi connectivity index (χ2n) is 8.00. The van der Waals surface area contributed by atoms with Gasteiger partial charge in [0.2, 0.25) is 11.8 Å². The molecule has 0 saturated heterocycles. The van der Waals surface area contributed by atoms with Crippen LogP contribution in [-0.4, -0.2) is 29.1 Å². The SMILES string of the molecule is COc1ccc(-c2nnc(NC(=O)c3ccccc3NC(=O)Cc3cccc4ccccc34)o2)cc1. The highest BCUT2D eigenvalue weighted by Crippen LogP contribution is 2.24. The van der Waals surface area contributed by atoms with Gasteiger partial charge >= 0.3 is 6.01 Å². The van der Waals surface area contributed by atoms with Crippen LogP contribution < -0.4 is 15.4 Å². The van der Waals surface area contributed by atoms with E-state index in [2.05, 4.69) is 20.8 Å². The van der Waals surface area contributed by atoms with Crippen molar-refractivity contribution in [1.82, 2.24) is 10.2 Å². The maximum absolute atomic E-state index is 13.0. The molecule has 0 bridgehead atoms. The first kappa shape index (κ1) is 22.8. The number of fused-ring (bicyclic) bond motifs is 1. The first-order chi connectivity index (χ1) is 17.6. The van der Waals surface area contributed by atoms with E-state index in [1.54, 1.807) is 55.6 Å². The molecular weight excluding hydrogens is 456 g/mol. The van der Waals surface area contributed by atoms with Gasteiger partial charge in [0.05, 0.1) is 24.8 Å². The molecular formula is C28H22N4O4. The van der Waals surface area contributed by atoms with E-state index >= 15 is 0 Å². The van der Waals surface area contributed by atoms with E-state index in [0.29, 0.717) is 17.0 Å². The predicted molar refractivity (Wildman–Crippen MR) is 137 cm³/mol. The van der Waals surface area contributed by atoms with Gasteiger partial charge in [0, 0.05) is 5.56 Å². The number of nitrogens with one attached hydrogen (secondary N) is 2. The molecule has 1 aromatic heterocycles. The number of amides is 2. The lowest BCUT2D eigenvalue weighted by Crippen LogP contribution is -2.19. The summed E-state index contributed by atoms with van der Waals surface area (Å²) < 4.78 is 10.7. The van der Waals surface area contributed by atoms with E-state index in [0.717, 1.165) is 16.3 Å². The molecule has 0 spiro atoms. The third kappa shape index (κ3) is 4.92. The van der Waals surface area contributed by atoms with E-state index in [9.17, 15) is 9.59 Å². The van der Waals surface area contributed by atoms with Gasteiger partial charge < -0.3 is 14.5 Å². The first-order valence-corrected chi connectivity index (χ1v) is 11.3. The van der Waals surface area contributed by atoms with Gasteiger partial charge in [0.15, 0.2) is 0 Å². The minimum Gasteiger partial charge on any atom is -0.497 e. The van der Waals surface area contributed by atoms with Crippen LogP contribution in [0, 0.1) is 0 Å². The van der Waals surface area contributed by atoms with Crippen molar-refractivity contribution in [3.63, 3.8) is 0 Å². The minimum atomic E-state index is -0.485. The average Bonchev–Trinajstić information content (AvgIpc) is 3.37. The number of hydrogen-bond acceptors (Lipinski definition) is 6. The molecule has 0 radical (unpaired) electrons. The highest BCUT2D eigenvalue weighted by molar-refractivity contribution is 6.09. The fourth-order valence-corrected chi connectivity index (χ4v) is 3.89. The van der Waals surface area contributed by atoms with Crippen molar-refractivity contribution in [1.29, 1.82) is 0 Å². The van der Waals surface area contributed by atoms with Gasteiger partial charge in [-0.2, -0.15) is 0 Å². The van der Waals surface area contributed by atoms with E-state index in [1.165, 1.54) is 0 Å². The van der Waals surface area contributed by atoms with Gasteiger partial charge in [-0.05, 0) is 52.7 Å². The molecule has 36 heavy (non-hydrogen) atoms. The fraction of sp³-hybridized carbons (Fsp3) is 0.0714. The third-order valence-electron chi connectivity index (χ3n) is 5.66. The summed E-state index contributed by atoms with van der Waals surface area (Å²) >= 11 is 0. The van der Waals surface area contributed by atoms with Crippen molar-refractivity contribution in [3.05, 3.63) is 102 Å².